The number of aromatic nitrogens is 3. The molecule has 0 saturated carbocycles. The summed E-state index contributed by atoms with van der Waals surface area (Å²) in [5.74, 6) is 0.648. The van der Waals surface area contributed by atoms with Crippen LogP contribution >= 0.6 is 0 Å². The molecule has 0 aliphatic carbocycles. The lowest BCUT2D eigenvalue weighted by Gasteiger charge is -2.08. The van der Waals surface area contributed by atoms with Gasteiger partial charge in [-0.2, -0.15) is 0 Å². The molecule has 2 aromatic heterocycles. The third kappa shape index (κ3) is 3.53. The molecule has 0 unspecified atom stereocenters. The van der Waals surface area contributed by atoms with Crippen LogP contribution in [0.4, 0.5) is 5.82 Å². The highest BCUT2D eigenvalue weighted by atomic mass is 32.2. The van der Waals surface area contributed by atoms with Gasteiger partial charge in [-0.1, -0.05) is 42.5 Å². The normalized spacial score (nSPS) is 11.6. The van der Waals surface area contributed by atoms with Crippen LogP contribution in [0.15, 0.2) is 78.1 Å². The Bertz CT molecular complexity index is 1190. The van der Waals surface area contributed by atoms with E-state index in [-0.39, 0.29) is 4.90 Å². The fraction of sp³-hybridized carbons (Fsp3) is 0.0526. The van der Waals surface area contributed by atoms with Gasteiger partial charge in [-0.05, 0) is 17.7 Å². The zero-order valence-corrected chi connectivity index (χ0v) is 15.1. The maximum atomic E-state index is 11.3. The zero-order valence-electron chi connectivity index (χ0n) is 14.3. The Hall–Kier alpha value is -3.23. The van der Waals surface area contributed by atoms with Gasteiger partial charge in [0.1, 0.15) is 0 Å². The van der Waals surface area contributed by atoms with Gasteiger partial charge >= 0.3 is 0 Å². The number of nitrogens with zero attached hydrogens (tertiary/aromatic N) is 3. The number of nitrogens with one attached hydrogen (secondary N) is 1. The Labute approximate surface area is 156 Å². The van der Waals surface area contributed by atoms with E-state index in [1.807, 2.05) is 47.1 Å². The molecule has 8 heteroatoms. The van der Waals surface area contributed by atoms with Crippen LogP contribution in [0.5, 0.6) is 0 Å². The van der Waals surface area contributed by atoms with Gasteiger partial charge in [0.2, 0.25) is 10.0 Å². The average Bonchev–Trinajstić information content (AvgIpc) is 3.11. The van der Waals surface area contributed by atoms with Gasteiger partial charge in [0.25, 0.3) is 0 Å². The number of nitrogens with two attached hydrogens (primary N) is 1. The Morgan fingerprint density at radius 3 is 2.44 bits per heavy atom. The van der Waals surface area contributed by atoms with Crippen molar-refractivity contribution in [3.63, 3.8) is 0 Å². The van der Waals surface area contributed by atoms with Crippen LogP contribution in [-0.2, 0) is 16.6 Å². The number of primary sulfonamides is 1. The summed E-state index contributed by atoms with van der Waals surface area (Å²) in [5, 5.41) is 8.37. The number of hydrogen-bond acceptors (Lipinski definition) is 5. The third-order valence-electron chi connectivity index (χ3n) is 4.21. The topological polar surface area (TPSA) is 102 Å². The molecule has 0 radical (unpaired) electrons. The Morgan fingerprint density at radius 2 is 1.74 bits per heavy atom. The molecule has 0 aliphatic rings. The van der Waals surface area contributed by atoms with E-state index < -0.39 is 10.0 Å². The van der Waals surface area contributed by atoms with Crippen LogP contribution in [0.25, 0.3) is 16.9 Å². The Morgan fingerprint density at radius 1 is 1.00 bits per heavy atom. The van der Waals surface area contributed by atoms with E-state index in [1.54, 1.807) is 18.3 Å². The van der Waals surface area contributed by atoms with E-state index in [4.69, 9.17) is 5.14 Å². The molecule has 3 N–H and O–H groups in total. The van der Waals surface area contributed by atoms with E-state index in [0.717, 1.165) is 22.5 Å². The Balaban J connectivity index is 1.59. The molecule has 4 rings (SSSR count). The summed E-state index contributed by atoms with van der Waals surface area (Å²) in [6.07, 6.45) is 5.41. The number of anilines is 1. The molecule has 2 aromatic carbocycles. The SMILES string of the molecule is NS(=O)(=O)c1ccc(CNc2nccn3c(-c4ccccc4)cnc23)cc1. The van der Waals surface area contributed by atoms with Gasteiger partial charge in [-0.3, -0.25) is 4.40 Å². The quantitative estimate of drug-likeness (QED) is 0.555. The van der Waals surface area contributed by atoms with E-state index in [9.17, 15) is 8.42 Å². The van der Waals surface area contributed by atoms with Crippen molar-refractivity contribution < 1.29 is 8.42 Å². The number of hydrogen-bond donors (Lipinski definition) is 2. The summed E-state index contributed by atoms with van der Waals surface area (Å²) >= 11 is 0. The lowest BCUT2D eigenvalue weighted by molar-refractivity contribution is 0.598. The molecule has 7 nitrogen and oxygen atoms in total. The maximum Gasteiger partial charge on any atom is 0.238 e. The van der Waals surface area contributed by atoms with Gasteiger partial charge in [0.05, 0.1) is 16.8 Å². The van der Waals surface area contributed by atoms with Crippen LogP contribution in [-0.4, -0.2) is 22.8 Å². The molecule has 0 bridgehead atoms. The lowest BCUT2D eigenvalue weighted by Crippen LogP contribution is -2.12. The molecule has 2 heterocycles. The molecule has 0 aliphatic heterocycles. The number of sulfonamides is 1. The smallest absolute Gasteiger partial charge is 0.238 e. The minimum atomic E-state index is -3.69. The summed E-state index contributed by atoms with van der Waals surface area (Å²) in [6.45, 7) is 0.477. The fourth-order valence-electron chi connectivity index (χ4n) is 2.85. The highest BCUT2D eigenvalue weighted by Crippen LogP contribution is 2.23. The van der Waals surface area contributed by atoms with Crippen molar-refractivity contribution in [2.24, 2.45) is 5.14 Å². The van der Waals surface area contributed by atoms with Crippen molar-refractivity contribution in [1.82, 2.24) is 14.4 Å². The molecule has 4 aromatic rings. The summed E-state index contributed by atoms with van der Waals surface area (Å²) in [6, 6.07) is 16.4. The molecule has 0 spiro atoms. The highest BCUT2D eigenvalue weighted by molar-refractivity contribution is 7.89. The molecule has 136 valence electrons. The first-order valence-corrected chi connectivity index (χ1v) is 9.80. The van der Waals surface area contributed by atoms with Crippen LogP contribution in [0.3, 0.4) is 0 Å². The monoisotopic (exact) mass is 379 g/mol. The minimum absolute atomic E-state index is 0.0900. The standard InChI is InChI=1S/C19H17N5O2S/c20-27(25,26)16-8-6-14(7-9-16)12-22-18-19-23-13-17(24(19)11-10-21-18)15-4-2-1-3-5-15/h1-11,13H,12H2,(H,21,22)(H2,20,25,26). The number of fused-ring (bicyclic) bond motifs is 1. The summed E-state index contributed by atoms with van der Waals surface area (Å²) in [4.78, 5) is 8.96. The second kappa shape index (κ2) is 6.82. The van der Waals surface area contributed by atoms with Gasteiger partial charge in [0.15, 0.2) is 11.5 Å². The minimum Gasteiger partial charge on any atom is -0.363 e. The van der Waals surface area contributed by atoms with Crippen LogP contribution < -0.4 is 10.5 Å². The number of rotatable bonds is 5. The molecular weight excluding hydrogens is 362 g/mol. The lowest BCUT2D eigenvalue weighted by atomic mass is 10.2. The highest BCUT2D eigenvalue weighted by Gasteiger charge is 2.10. The Kier molecular flexibility index (Phi) is 4.35. The molecular formula is C19H17N5O2S. The van der Waals surface area contributed by atoms with E-state index in [2.05, 4.69) is 15.3 Å². The van der Waals surface area contributed by atoms with Crippen LogP contribution in [0.2, 0.25) is 0 Å². The van der Waals surface area contributed by atoms with Gasteiger partial charge in [-0.25, -0.2) is 23.5 Å². The van der Waals surface area contributed by atoms with E-state index in [0.29, 0.717) is 12.4 Å². The first-order chi connectivity index (χ1) is 13.0. The predicted molar refractivity (Wildman–Crippen MR) is 104 cm³/mol. The average molecular weight is 379 g/mol. The van der Waals surface area contributed by atoms with Crippen molar-refractivity contribution in [3.05, 3.63) is 78.8 Å². The summed E-state index contributed by atoms with van der Waals surface area (Å²) in [7, 11) is -3.69. The number of imidazole rings is 1. The van der Waals surface area contributed by atoms with Gasteiger partial charge < -0.3 is 5.32 Å². The number of benzene rings is 2. The van der Waals surface area contributed by atoms with Crippen molar-refractivity contribution >= 4 is 21.5 Å². The van der Waals surface area contributed by atoms with Gasteiger partial charge in [-0.15, -0.1) is 0 Å². The third-order valence-corrected chi connectivity index (χ3v) is 5.14. The fourth-order valence-corrected chi connectivity index (χ4v) is 3.36. The molecule has 27 heavy (non-hydrogen) atoms. The molecule has 0 atom stereocenters. The van der Waals surface area contributed by atoms with Gasteiger partial charge in [0, 0.05) is 24.5 Å². The van der Waals surface area contributed by atoms with Crippen molar-refractivity contribution in [3.8, 4) is 11.3 Å². The summed E-state index contributed by atoms with van der Waals surface area (Å²) < 4.78 is 24.6. The van der Waals surface area contributed by atoms with E-state index in [1.165, 1.54) is 12.1 Å². The summed E-state index contributed by atoms with van der Waals surface area (Å²) in [5.41, 5.74) is 3.67. The van der Waals surface area contributed by atoms with Crippen molar-refractivity contribution in [2.45, 2.75) is 11.4 Å². The van der Waals surface area contributed by atoms with Crippen LogP contribution in [0, 0.1) is 0 Å². The second-order valence-electron chi connectivity index (χ2n) is 6.02. The predicted octanol–water partition coefficient (Wildman–Crippen LogP) is 2.66. The molecule has 0 amide bonds. The second-order valence-corrected chi connectivity index (χ2v) is 7.58. The van der Waals surface area contributed by atoms with E-state index >= 15 is 0 Å². The maximum absolute atomic E-state index is 11.3. The first-order valence-electron chi connectivity index (χ1n) is 8.25. The van der Waals surface area contributed by atoms with Crippen molar-refractivity contribution in [1.29, 1.82) is 0 Å². The largest absolute Gasteiger partial charge is 0.363 e. The zero-order chi connectivity index (χ0) is 18.9. The first kappa shape index (κ1) is 17.2. The molecule has 0 fully saturated rings. The molecule has 0 saturated heterocycles. The van der Waals surface area contributed by atoms with Crippen molar-refractivity contribution in [2.75, 3.05) is 5.32 Å². The van der Waals surface area contributed by atoms with Crippen LogP contribution in [0.1, 0.15) is 5.56 Å².